The highest BCUT2D eigenvalue weighted by Gasteiger charge is 2.42. The lowest BCUT2D eigenvalue weighted by atomic mass is 9.60. The van der Waals surface area contributed by atoms with Gasteiger partial charge in [0.25, 0.3) is 0 Å². The number of rotatable bonds is 6. The van der Waals surface area contributed by atoms with E-state index in [4.69, 9.17) is 11.6 Å². The number of aromatic hydroxyl groups is 2. The van der Waals surface area contributed by atoms with Gasteiger partial charge in [-0.15, -0.1) is 0 Å². The van der Waals surface area contributed by atoms with E-state index >= 15 is 0 Å². The number of aliphatic hydroxyl groups is 1. The highest BCUT2D eigenvalue weighted by atomic mass is 35.5. The van der Waals surface area contributed by atoms with Gasteiger partial charge >= 0.3 is 0 Å². The minimum atomic E-state index is -0.974. The molecule has 0 saturated heterocycles. The van der Waals surface area contributed by atoms with Crippen molar-refractivity contribution < 1.29 is 24.9 Å². The largest absolute Gasteiger partial charge is 0.507 e. The third-order valence-electron chi connectivity index (χ3n) is 7.09. The van der Waals surface area contributed by atoms with E-state index < -0.39 is 6.10 Å². The Morgan fingerprint density at radius 2 is 1.93 bits per heavy atom. The van der Waals surface area contributed by atoms with Gasteiger partial charge in [0.05, 0.1) is 16.7 Å². The second kappa shape index (κ2) is 8.88. The van der Waals surface area contributed by atoms with Crippen LogP contribution >= 0.6 is 11.6 Å². The van der Waals surface area contributed by atoms with Crippen LogP contribution < -0.4 is 0 Å². The summed E-state index contributed by atoms with van der Waals surface area (Å²) in [7, 11) is 0. The van der Waals surface area contributed by atoms with Crippen LogP contribution in [0, 0.1) is 24.2 Å². The summed E-state index contributed by atoms with van der Waals surface area (Å²) in [6.07, 6.45) is 3.50. The molecule has 2 rings (SSSR count). The molecule has 29 heavy (non-hydrogen) atoms. The van der Waals surface area contributed by atoms with Crippen molar-refractivity contribution in [3.05, 3.63) is 33.4 Å². The summed E-state index contributed by atoms with van der Waals surface area (Å²) in [4.78, 5) is 23.5. The Kier molecular flexibility index (Phi) is 7.18. The molecule has 1 aliphatic carbocycles. The first-order chi connectivity index (χ1) is 13.5. The van der Waals surface area contributed by atoms with E-state index in [1.807, 2.05) is 13.0 Å². The van der Waals surface area contributed by atoms with Crippen LogP contribution in [0.25, 0.3) is 0 Å². The van der Waals surface area contributed by atoms with E-state index in [0.29, 0.717) is 36.2 Å². The number of phenolic OH excluding ortho intramolecular Hbond substituents is 2. The molecule has 4 atom stereocenters. The molecular formula is C23H31ClO5. The number of halogens is 1. The Bertz CT molecular complexity index is 844. The predicted molar refractivity (Wildman–Crippen MR) is 114 cm³/mol. The van der Waals surface area contributed by atoms with Crippen LogP contribution in [0.1, 0.15) is 68.4 Å². The first-order valence-electron chi connectivity index (χ1n) is 10.0. The van der Waals surface area contributed by atoms with Crippen LogP contribution in [0.4, 0.5) is 0 Å². The Morgan fingerprint density at radius 3 is 2.52 bits per heavy atom. The molecule has 0 spiro atoms. The lowest BCUT2D eigenvalue weighted by Crippen LogP contribution is -2.41. The van der Waals surface area contributed by atoms with E-state index in [1.165, 1.54) is 6.92 Å². The van der Waals surface area contributed by atoms with E-state index in [9.17, 15) is 24.9 Å². The molecule has 1 aromatic carbocycles. The van der Waals surface area contributed by atoms with Crippen molar-refractivity contribution in [2.45, 2.75) is 66.4 Å². The normalized spacial score (nSPS) is 26.4. The molecule has 4 unspecified atom stereocenters. The van der Waals surface area contributed by atoms with Crippen molar-refractivity contribution in [2.24, 2.45) is 17.3 Å². The van der Waals surface area contributed by atoms with Gasteiger partial charge in [0.15, 0.2) is 6.29 Å². The molecule has 1 aliphatic rings. The first-order valence-corrected chi connectivity index (χ1v) is 10.4. The summed E-state index contributed by atoms with van der Waals surface area (Å²) >= 11 is 6.08. The van der Waals surface area contributed by atoms with Crippen LogP contribution in [0.5, 0.6) is 11.5 Å². The van der Waals surface area contributed by atoms with Crippen molar-refractivity contribution in [2.75, 3.05) is 0 Å². The molecule has 0 radical (unpaired) electrons. The van der Waals surface area contributed by atoms with Crippen molar-refractivity contribution in [1.82, 2.24) is 0 Å². The maximum Gasteiger partial charge on any atom is 0.154 e. The fraction of sp³-hybridized carbons (Fsp3) is 0.565. The molecule has 0 amide bonds. The average molecular weight is 423 g/mol. The zero-order valence-corrected chi connectivity index (χ0v) is 18.5. The number of benzene rings is 1. The highest BCUT2D eigenvalue weighted by molar-refractivity contribution is 6.33. The molecule has 0 heterocycles. The lowest BCUT2D eigenvalue weighted by molar-refractivity contribution is -0.131. The minimum absolute atomic E-state index is 0.00695. The summed E-state index contributed by atoms with van der Waals surface area (Å²) in [5, 5.41) is 31.3. The number of carbonyl (C=O) groups excluding carboxylic acids is 2. The molecule has 160 valence electrons. The Balaban J connectivity index is 2.25. The summed E-state index contributed by atoms with van der Waals surface area (Å²) < 4.78 is 0. The number of hydrogen-bond donors (Lipinski definition) is 3. The summed E-state index contributed by atoms with van der Waals surface area (Å²) in [5.74, 6) is -0.0746. The number of Topliss-reactive ketones (excluding diaryl/α,β-unsaturated/α-hetero) is 1. The van der Waals surface area contributed by atoms with E-state index in [-0.39, 0.29) is 51.2 Å². The number of phenols is 2. The smallest absolute Gasteiger partial charge is 0.154 e. The standard InChI is InChI=1S/C23H31ClO5/c1-12(8-9-23(5)13(2)6-7-18(26)15(23)4)19(27)10-16-21(28)17(11-25)14(3)20(24)22(16)29/h8,11,13,15,19,27-29H,6-7,9-10H2,1-5H3/b12-8+. The van der Waals surface area contributed by atoms with Gasteiger partial charge in [0.2, 0.25) is 0 Å². The van der Waals surface area contributed by atoms with Gasteiger partial charge in [0.1, 0.15) is 17.3 Å². The fourth-order valence-corrected chi connectivity index (χ4v) is 4.38. The molecule has 1 fully saturated rings. The zero-order valence-electron chi connectivity index (χ0n) is 17.8. The third-order valence-corrected chi connectivity index (χ3v) is 7.56. The van der Waals surface area contributed by atoms with Gasteiger partial charge in [-0.1, -0.05) is 38.4 Å². The maximum atomic E-state index is 12.2. The van der Waals surface area contributed by atoms with Crippen LogP contribution in [-0.4, -0.2) is 33.5 Å². The maximum absolute atomic E-state index is 12.2. The van der Waals surface area contributed by atoms with Gasteiger partial charge in [0, 0.05) is 24.3 Å². The van der Waals surface area contributed by atoms with Crippen molar-refractivity contribution in [3.8, 4) is 11.5 Å². The molecular weight excluding hydrogens is 392 g/mol. The average Bonchev–Trinajstić information content (AvgIpc) is 2.69. The number of hydrogen-bond acceptors (Lipinski definition) is 5. The van der Waals surface area contributed by atoms with E-state index in [0.717, 1.165) is 6.42 Å². The zero-order chi connectivity index (χ0) is 22.1. The molecule has 6 heteroatoms. The van der Waals surface area contributed by atoms with Gasteiger partial charge in [-0.3, -0.25) is 9.59 Å². The predicted octanol–water partition coefficient (Wildman–Crippen LogP) is 4.75. The number of carbonyl (C=O) groups is 2. The Labute approximate surface area is 177 Å². The summed E-state index contributed by atoms with van der Waals surface area (Å²) in [6, 6.07) is 0. The SMILES string of the molecule is C/C(=C\CC1(C)C(C)CCC(=O)C1C)C(O)Cc1c(O)c(Cl)c(C)c(C=O)c1O. The van der Waals surface area contributed by atoms with E-state index in [1.54, 1.807) is 6.92 Å². The van der Waals surface area contributed by atoms with Gasteiger partial charge in [-0.2, -0.15) is 0 Å². The van der Waals surface area contributed by atoms with Crippen molar-refractivity contribution in [3.63, 3.8) is 0 Å². The summed E-state index contributed by atoms with van der Waals surface area (Å²) in [5.41, 5.74) is 0.835. The van der Waals surface area contributed by atoms with Crippen LogP contribution in [-0.2, 0) is 11.2 Å². The van der Waals surface area contributed by atoms with Crippen molar-refractivity contribution >= 4 is 23.7 Å². The summed E-state index contributed by atoms with van der Waals surface area (Å²) in [6.45, 7) is 9.56. The fourth-order valence-electron chi connectivity index (χ4n) is 4.17. The second-order valence-corrected chi connectivity index (χ2v) is 9.03. The number of allylic oxidation sites excluding steroid dienone is 1. The number of aldehydes is 1. The molecule has 0 aromatic heterocycles. The van der Waals surface area contributed by atoms with Crippen LogP contribution in [0.15, 0.2) is 11.6 Å². The van der Waals surface area contributed by atoms with Crippen LogP contribution in [0.2, 0.25) is 5.02 Å². The van der Waals surface area contributed by atoms with Gasteiger partial charge in [-0.25, -0.2) is 0 Å². The quantitative estimate of drug-likeness (QED) is 0.454. The van der Waals surface area contributed by atoms with Crippen molar-refractivity contribution in [1.29, 1.82) is 0 Å². The molecule has 5 nitrogen and oxygen atoms in total. The number of aliphatic hydroxyl groups excluding tert-OH is 1. The van der Waals surface area contributed by atoms with E-state index in [2.05, 4.69) is 13.8 Å². The molecule has 0 aliphatic heterocycles. The minimum Gasteiger partial charge on any atom is -0.507 e. The molecule has 1 saturated carbocycles. The second-order valence-electron chi connectivity index (χ2n) is 8.65. The topological polar surface area (TPSA) is 94.8 Å². The lowest BCUT2D eigenvalue weighted by Gasteiger charge is -2.43. The Hall–Kier alpha value is -1.85. The molecule has 3 N–H and O–H groups in total. The third kappa shape index (κ3) is 4.36. The Morgan fingerprint density at radius 1 is 1.31 bits per heavy atom. The molecule has 1 aromatic rings. The monoisotopic (exact) mass is 422 g/mol. The number of ketones is 1. The first kappa shape index (κ1) is 23.4. The van der Waals surface area contributed by atoms with Gasteiger partial charge in [-0.05, 0) is 49.2 Å². The highest BCUT2D eigenvalue weighted by Crippen LogP contribution is 2.46. The molecule has 0 bridgehead atoms. The van der Waals surface area contributed by atoms with Crippen LogP contribution in [0.3, 0.4) is 0 Å². The van der Waals surface area contributed by atoms with Gasteiger partial charge < -0.3 is 15.3 Å².